The van der Waals surface area contributed by atoms with Gasteiger partial charge in [0.2, 0.25) is 5.91 Å². The van der Waals surface area contributed by atoms with Gasteiger partial charge in [-0.15, -0.1) is 0 Å². The first kappa shape index (κ1) is 15.2. The quantitative estimate of drug-likeness (QED) is 0.470. The minimum atomic E-state index is -0.556. The van der Waals surface area contributed by atoms with Crippen LogP contribution in [0.15, 0.2) is 12.3 Å². The van der Waals surface area contributed by atoms with Crippen LogP contribution in [0.4, 0.5) is 5.69 Å². The lowest BCUT2D eigenvalue weighted by Crippen LogP contribution is -2.47. The van der Waals surface area contributed by atoms with Crippen molar-refractivity contribution in [3.05, 3.63) is 28.1 Å². The molecular weight excluding hydrogens is 276 g/mol. The van der Waals surface area contributed by atoms with Crippen LogP contribution in [-0.4, -0.2) is 45.6 Å². The van der Waals surface area contributed by atoms with Crippen molar-refractivity contribution in [3.8, 4) is 0 Å². The van der Waals surface area contributed by atoms with Crippen molar-refractivity contribution < 1.29 is 14.5 Å². The van der Waals surface area contributed by atoms with E-state index >= 15 is 0 Å². The van der Waals surface area contributed by atoms with E-state index in [9.17, 15) is 19.7 Å². The fraction of sp³-hybridized carbons (Fsp3) is 0.538. The molecule has 8 nitrogen and oxygen atoms in total. The lowest BCUT2D eigenvalue weighted by molar-refractivity contribution is -0.384. The zero-order chi connectivity index (χ0) is 15.6. The van der Waals surface area contributed by atoms with Crippen molar-refractivity contribution in [1.82, 2.24) is 9.88 Å². The van der Waals surface area contributed by atoms with E-state index in [1.54, 1.807) is 0 Å². The van der Waals surface area contributed by atoms with E-state index < -0.39 is 4.92 Å². The highest BCUT2D eigenvalue weighted by atomic mass is 16.6. The Morgan fingerprint density at radius 1 is 1.52 bits per heavy atom. The minimum Gasteiger partial charge on any atom is -0.369 e. The Kier molecular flexibility index (Phi) is 4.37. The third-order valence-corrected chi connectivity index (χ3v) is 3.94. The maximum Gasteiger partial charge on any atom is 0.287 e. The van der Waals surface area contributed by atoms with E-state index in [1.165, 1.54) is 12.3 Å². The van der Waals surface area contributed by atoms with Crippen LogP contribution in [0.25, 0.3) is 0 Å². The van der Waals surface area contributed by atoms with Crippen LogP contribution in [-0.2, 0) is 4.79 Å². The largest absolute Gasteiger partial charge is 0.369 e. The van der Waals surface area contributed by atoms with E-state index in [2.05, 4.69) is 4.98 Å². The summed E-state index contributed by atoms with van der Waals surface area (Å²) in [7, 11) is 0. The number of nitro groups is 1. The summed E-state index contributed by atoms with van der Waals surface area (Å²) < 4.78 is 0. The Balaban J connectivity index is 2.03. The fourth-order valence-electron chi connectivity index (χ4n) is 2.55. The van der Waals surface area contributed by atoms with Gasteiger partial charge in [-0.1, -0.05) is 0 Å². The summed E-state index contributed by atoms with van der Waals surface area (Å²) in [5.74, 6) is -0.832. The predicted molar refractivity (Wildman–Crippen MR) is 74.7 cm³/mol. The Labute approximate surface area is 121 Å². The average Bonchev–Trinajstić information content (AvgIpc) is 2.90. The van der Waals surface area contributed by atoms with Crippen LogP contribution in [0.2, 0.25) is 0 Å². The number of aromatic amines is 1. The van der Waals surface area contributed by atoms with Crippen LogP contribution in [0.5, 0.6) is 0 Å². The van der Waals surface area contributed by atoms with E-state index in [0.29, 0.717) is 6.54 Å². The number of nitrogens with one attached hydrogen (secondary N) is 1. The molecule has 1 aromatic heterocycles. The van der Waals surface area contributed by atoms with Gasteiger partial charge in [0.05, 0.1) is 29.3 Å². The van der Waals surface area contributed by atoms with Gasteiger partial charge in [0.15, 0.2) is 5.78 Å². The molecule has 1 saturated heterocycles. The number of carbonyl (C=O) groups excluding carboxylic acids is 2. The molecule has 1 aliphatic rings. The molecule has 1 aromatic rings. The number of primary amides is 1. The molecular formula is C13H18N4O4. The molecule has 0 saturated carbocycles. The second-order valence-electron chi connectivity index (χ2n) is 5.41. The third kappa shape index (κ3) is 3.46. The predicted octanol–water partition coefficient (Wildman–Crippen LogP) is 0.691. The second-order valence-corrected chi connectivity index (χ2v) is 5.41. The Bertz CT molecular complexity index is 568. The average molecular weight is 294 g/mol. The summed E-state index contributed by atoms with van der Waals surface area (Å²) in [5, 5.41) is 10.6. The lowest BCUT2D eigenvalue weighted by Gasteiger charge is -2.36. The molecule has 3 N–H and O–H groups in total. The van der Waals surface area contributed by atoms with Gasteiger partial charge in [0, 0.05) is 18.7 Å². The molecule has 0 radical (unpaired) electrons. The van der Waals surface area contributed by atoms with Crippen molar-refractivity contribution in [3.63, 3.8) is 0 Å². The zero-order valence-electron chi connectivity index (χ0n) is 11.7. The standard InChI is InChI=1S/C13H18N4O4/c1-8-2-3-9(13(14)19)6-16(8)7-12(18)11-4-10(5-15-11)17(20)21/h4-5,8-9,15H,2-3,6-7H2,1H3,(H2,14,19). The topological polar surface area (TPSA) is 122 Å². The Morgan fingerprint density at radius 3 is 2.81 bits per heavy atom. The van der Waals surface area contributed by atoms with Crippen molar-refractivity contribution in [2.45, 2.75) is 25.8 Å². The number of ketones is 1. The van der Waals surface area contributed by atoms with Gasteiger partial charge in [-0.3, -0.25) is 24.6 Å². The highest BCUT2D eigenvalue weighted by Gasteiger charge is 2.30. The van der Waals surface area contributed by atoms with E-state index in [0.717, 1.165) is 12.8 Å². The molecule has 0 spiro atoms. The van der Waals surface area contributed by atoms with Crippen molar-refractivity contribution >= 4 is 17.4 Å². The van der Waals surface area contributed by atoms with E-state index in [1.807, 2.05) is 11.8 Å². The van der Waals surface area contributed by atoms with Gasteiger partial charge in [-0.2, -0.15) is 0 Å². The molecule has 0 aliphatic carbocycles. The van der Waals surface area contributed by atoms with Gasteiger partial charge >= 0.3 is 0 Å². The third-order valence-electron chi connectivity index (χ3n) is 3.94. The van der Waals surface area contributed by atoms with Crippen LogP contribution in [0.3, 0.4) is 0 Å². The lowest BCUT2D eigenvalue weighted by atomic mass is 9.92. The van der Waals surface area contributed by atoms with Gasteiger partial charge in [0.1, 0.15) is 0 Å². The normalized spacial score (nSPS) is 22.9. The first-order valence-corrected chi connectivity index (χ1v) is 6.78. The smallest absolute Gasteiger partial charge is 0.287 e. The van der Waals surface area contributed by atoms with Gasteiger partial charge in [-0.05, 0) is 19.8 Å². The molecule has 1 aliphatic heterocycles. The first-order valence-electron chi connectivity index (χ1n) is 6.78. The number of hydrogen-bond donors (Lipinski definition) is 2. The second kappa shape index (κ2) is 6.04. The summed E-state index contributed by atoms with van der Waals surface area (Å²) >= 11 is 0. The molecule has 2 rings (SSSR count). The maximum atomic E-state index is 12.2. The highest BCUT2D eigenvalue weighted by Crippen LogP contribution is 2.22. The number of nitrogens with two attached hydrogens (primary N) is 1. The summed E-state index contributed by atoms with van der Waals surface area (Å²) in [6, 6.07) is 1.40. The van der Waals surface area contributed by atoms with Crippen molar-refractivity contribution in [2.24, 2.45) is 11.7 Å². The van der Waals surface area contributed by atoms with Gasteiger partial charge in [0.25, 0.3) is 5.69 Å². The molecule has 1 fully saturated rings. The number of likely N-dealkylation sites (tertiary alicyclic amines) is 1. The van der Waals surface area contributed by atoms with Crippen LogP contribution in [0, 0.1) is 16.0 Å². The van der Waals surface area contributed by atoms with Crippen LogP contribution >= 0.6 is 0 Å². The zero-order valence-corrected chi connectivity index (χ0v) is 11.7. The summed E-state index contributed by atoms with van der Waals surface area (Å²) in [6.45, 7) is 2.55. The monoisotopic (exact) mass is 294 g/mol. The summed E-state index contributed by atoms with van der Waals surface area (Å²) in [5.41, 5.74) is 5.39. The van der Waals surface area contributed by atoms with E-state index in [4.69, 9.17) is 5.73 Å². The fourth-order valence-corrected chi connectivity index (χ4v) is 2.55. The highest BCUT2D eigenvalue weighted by molar-refractivity contribution is 5.96. The molecule has 0 bridgehead atoms. The number of rotatable bonds is 5. The summed E-state index contributed by atoms with van der Waals surface area (Å²) in [4.78, 5) is 38.0. The van der Waals surface area contributed by atoms with Crippen molar-refractivity contribution in [1.29, 1.82) is 0 Å². The van der Waals surface area contributed by atoms with Gasteiger partial charge in [-0.25, -0.2) is 0 Å². The maximum absolute atomic E-state index is 12.2. The number of piperidine rings is 1. The number of nitrogens with zero attached hydrogens (tertiary/aromatic N) is 2. The molecule has 114 valence electrons. The number of Topliss-reactive ketones (excluding diaryl/α,β-unsaturated/α-hetero) is 1. The number of aromatic nitrogens is 1. The minimum absolute atomic E-state index is 0.114. The number of carbonyl (C=O) groups is 2. The molecule has 2 unspecified atom stereocenters. The molecule has 2 atom stereocenters. The number of H-pyrrole nitrogens is 1. The number of hydrogen-bond acceptors (Lipinski definition) is 5. The van der Waals surface area contributed by atoms with Crippen LogP contribution < -0.4 is 5.73 Å². The van der Waals surface area contributed by atoms with Crippen molar-refractivity contribution in [2.75, 3.05) is 13.1 Å². The molecule has 21 heavy (non-hydrogen) atoms. The van der Waals surface area contributed by atoms with Gasteiger partial charge < -0.3 is 10.7 Å². The van der Waals surface area contributed by atoms with Crippen LogP contribution in [0.1, 0.15) is 30.3 Å². The molecule has 0 aromatic carbocycles. The molecule has 1 amide bonds. The Morgan fingerprint density at radius 2 is 2.24 bits per heavy atom. The Hall–Kier alpha value is -2.22. The SMILES string of the molecule is CC1CCC(C(N)=O)CN1CC(=O)c1cc([N+](=O)[O-])c[nH]1. The summed E-state index contributed by atoms with van der Waals surface area (Å²) in [6.07, 6.45) is 2.72. The number of amides is 1. The molecule has 8 heteroatoms. The first-order chi connectivity index (χ1) is 9.88. The van der Waals surface area contributed by atoms with E-state index in [-0.39, 0.29) is 41.6 Å². The molecule has 2 heterocycles.